The Balaban J connectivity index is 0.00000121. The molecule has 0 saturated heterocycles. The molecule has 3 heteroatoms. The normalized spacial score (nSPS) is 8.83. The first-order chi connectivity index (χ1) is 5.33. The molecule has 0 fully saturated rings. The van der Waals surface area contributed by atoms with E-state index in [1.807, 2.05) is 0 Å². The number of ether oxygens (including phenoxy) is 1. The summed E-state index contributed by atoms with van der Waals surface area (Å²) in [6, 6.07) is 6.08. The second-order valence-electron chi connectivity index (χ2n) is 2.16. The second kappa shape index (κ2) is 6.03. The molecule has 1 aromatic carbocycles. The first-order valence-electron chi connectivity index (χ1n) is 3.50. The zero-order valence-electron chi connectivity index (χ0n) is 6.55. The van der Waals surface area contributed by atoms with Crippen molar-refractivity contribution in [3.63, 3.8) is 0 Å². The maximum Gasteiger partial charge on any atom is 0.126 e. The molecular formula is C9H10CoFO-. The number of benzene rings is 1. The van der Waals surface area contributed by atoms with Crippen LogP contribution in [-0.2, 0) is 16.8 Å². The minimum atomic E-state index is -0.272. The van der Waals surface area contributed by atoms with E-state index in [-0.39, 0.29) is 22.6 Å². The van der Waals surface area contributed by atoms with E-state index in [1.54, 1.807) is 12.1 Å². The molecule has 0 spiro atoms. The van der Waals surface area contributed by atoms with Gasteiger partial charge in [0.05, 0.1) is 6.61 Å². The van der Waals surface area contributed by atoms with E-state index in [1.165, 1.54) is 12.1 Å². The van der Waals surface area contributed by atoms with Crippen LogP contribution in [0.15, 0.2) is 24.3 Å². The first kappa shape index (κ1) is 11.5. The van der Waals surface area contributed by atoms with Gasteiger partial charge in [0.2, 0.25) is 0 Å². The van der Waals surface area contributed by atoms with Gasteiger partial charge in [-0.1, -0.05) is 6.07 Å². The van der Waals surface area contributed by atoms with Crippen LogP contribution < -0.4 is 4.74 Å². The van der Waals surface area contributed by atoms with E-state index < -0.39 is 0 Å². The van der Waals surface area contributed by atoms with Crippen LogP contribution >= 0.6 is 0 Å². The average molecular weight is 212 g/mol. The predicted molar refractivity (Wildman–Crippen MR) is 41.9 cm³/mol. The molecule has 0 bridgehead atoms. The van der Waals surface area contributed by atoms with Gasteiger partial charge in [0.15, 0.2) is 0 Å². The van der Waals surface area contributed by atoms with Gasteiger partial charge in [-0.25, -0.2) is 4.39 Å². The molecule has 69 valence electrons. The predicted octanol–water partition coefficient (Wildman–Crippen LogP) is 2.43. The summed E-state index contributed by atoms with van der Waals surface area (Å²) in [6.45, 7) is 4.14. The molecule has 0 aliphatic rings. The standard InChI is InChI=1S/C9H10FO.Co/c1-2-6-11-9-5-3-4-8(10)7-9;/h3-5,7H,1-2,6H2;/q-1;. The molecule has 1 aromatic rings. The summed E-state index contributed by atoms with van der Waals surface area (Å²) in [5.41, 5.74) is 0. The van der Waals surface area contributed by atoms with Crippen molar-refractivity contribution in [2.45, 2.75) is 6.42 Å². The van der Waals surface area contributed by atoms with E-state index in [0.29, 0.717) is 18.8 Å². The summed E-state index contributed by atoms with van der Waals surface area (Å²) >= 11 is 0. The van der Waals surface area contributed by atoms with Crippen molar-refractivity contribution in [1.29, 1.82) is 0 Å². The molecule has 0 aliphatic heterocycles. The molecule has 0 N–H and O–H groups in total. The summed E-state index contributed by atoms with van der Waals surface area (Å²) < 4.78 is 17.6. The topological polar surface area (TPSA) is 9.23 Å². The van der Waals surface area contributed by atoms with E-state index in [0.717, 1.165) is 0 Å². The Morgan fingerprint density at radius 2 is 2.17 bits per heavy atom. The summed E-state index contributed by atoms with van der Waals surface area (Å²) in [4.78, 5) is 0. The van der Waals surface area contributed by atoms with Gasteiger partial charge in [0, 0.05) is 22.8 Å². The smallest absolute Gasteiger partial charge is 0.126 e. The summed E-state index contributed by atoms with van der Waals surface area (Å²) in [7, 11) is 0. The van der Waals surface area contributed by atoms with E-state index in [9.17, 15) is 4.39 Å². The molecule has 12 heavy (non-hydrogen) atoms. The maximum absolute atomic E-state index is 12.5. The third kappa shape index (κ3) is 3.73. The average Bonchev–Trinajstić information content (AvgIpc) is 2.01. The van der Waals surface area contributed by atoms with Crippen LogP contribution in [0.1, 0.15) is 6.42 Å². The Morgan fingerprint density at radius 1 is 1.42 bits per heavy atom. The van der Waals surface area contributed by atoms with Crippen molar-refractivity contribution in [3.8, 4) is 5.75 Å². The van der Waals surface area contributed by atoms with Gasteiger partial charge in [-0.15, -0.1) is 6.42 Å². The summed E-state index contributed by atoms with van der Waals surface area (Å²) in [5, 5.41) is 0. The van der Waals surface area contributed by atoms with E-state index in [2.05, 4.69) is 6.92 Å². The van der Waals surface area contributed by atoms with E-state index >= 15 is 0 Å². The van der Waals surface area contributed by atoms with Gasteiger partial charge >= 0.3 is 0 Å². The van der Waals surface area contributed by atoms with Gasteiger partial charge in [0.25, 0.3) is 0 Å². The van der Waals surface area contributed by atoms with Crippen LogP contribution in [0.2, 0.25) is 0 Å². The number of rotatable bonds is 3. The molecule has 1 nitrogen and oxygen atoms in total. The fraction of sp³-hybridized carbons (Fsp3) is 0.222. The molecule has 0 heterocycles. The SMILES string of the molecule is [CH2-]CCOc1cccc(F)c1.[Co]. The van der Waals surface area contributed by atoms with Gasteiger partial charge in [-0.05, 0) is 12.1 Å². The largest absolute Gasteiger partial charge is 0.496 e. The van der Waals surface area contributed by atoms with Crippen LogP contribution in [0.4, 0.5) is 4.39 Å². The molecular weight excluding hydrogens is 202 g/mol. The molecule has 1 radical (unpaired) electrons. The van der Waals surface area contributed by atoms with Crippen LogP contribution in [0, 0.1) is 12.7 Å². The van der Waals surface area contributed by atoms with Gasteiger partial charge in [-0.2, -0.15) is 0 Å². The van der Waals surface area contributed by atoms with Crippen molar-refractivity contribution in [2.75, 3.05) is 6.61 Å². The fourth-order valence-electron chi connectivity index (χ4n) is 0.747. The zero-order chi connectivity index (χ0) is 8.10. The van der Waals surface area contributed by atoms with Crippen LogP contribution in [0.3, 0.4) is 0 Å². The first-order valence-corrected chi connectivity index (χ1v) is 3.50. The molecule has 0 aromatic heterocycles. The van der Waals surface area contributed by atoms with Gasteiger partial charge < -0.3 is 11.7 Å². The fourth-order valence-corrected chi connectivity index (χ4v) is 0.747. The maximum atomic E-state index is 12.5. The Morgan fingerprint density at radius 3 is 2.75 bits per heavy atom. The van der Waals surface area contributed by atoms with Crippen molar-refractivity contribution in [3.05, 3.63) is 37.0 Å². The third-order valence-corrected chi connectivity index (χ3v) is 1.21. The number of hydrogen-bond donors (Lipinski definition) is 0. The van der Waals surface area contributed by atoms with Crippen molar-refractivity contribution in [1.82, 2.24) is 0 Å². The molecule has 0 atom stereocenters. The third-order valence-electron chi connectivity index (χ3n) is 1.21. The van der Waals surface area contributed by atoms with Crippen molar-refractivity contribution >= 4 is 0 Å². The number of hydrogen-bond acceptors (Lipinski definition) is 1. The molecule has 0 amide bonds. The molecule has 0 aliphatic carbocycles. The Hall–Kier alpha value is -0.544. The minimum Gasteiger partial charge on any atom is -0.496 e. The Kier molecular flexibility index (Phi) is 5.75. The van der Waals surface area contributed by atoms with Gasteiger partial charge in [-0.3, -0.25) is 0 Å². The van der Waals surface area contributed by atoms with Crippen molar-refractivity contribution < 1.29 is 25.9 Å². The quantitative estimate of drug-likeness (QED) is 0.699. The monoisotopic (exact) mass is 212 g/mol. The zero-order valence-corrected chi connectivity index (χ0v) is 7.59. The van der Waals surface area contributed by atoms with Crippen molar-refractivity contribution in [2.24, 2.45) is 0 Å². The molecule has 0 saturated carbocycles. The minimum absolute atomic E-state index is 0. The van der Waals surface area contributed by atoms with Crippen LogP contribution in [-0.4, -0.2) is 6.61 Å². The van der Waals surface area contributed by atoms with Crippen LogP contribution in [0.25, 0.3) is 0 Å². The summed E-state index contributed by atoms with van der Waals surface area (Å²) in [6.07, 6.45) is 0.691. The summed E-state index contributed by atoms with van der Waals surface area (Å²) in [5.74, 6) is 0.292. The number of halogens is 1. The second-order valence-corrected chi connectivity index (χ2v) is 2.16. The van der Waals surface area contributed by atoms with Gasteiger partial charge in [0.1, 0.15) is 11.6 Å². The molecule has 0 unspecified atom stereocenters. The Labute approximate surface area is 82.1 Å². The van der Waals surface area contributed by atoms with E-state index in [4.69, 9.17) is 4.74 Å². The van der Waals surface area contributed by atoms with Crippen LogP contribution in [0.5, 0.6) is 5.75 Å². The Bertz CT molecular complexity index is 228. The molecule has 1 rings (SSSR count).